The van der Waals surface area contributed by atoms with Crippen molar-refractivity contribution in [2.24, 2.45) is 0 Å². The molecule has 1 saturated heterocycles. The lowest BCUT2D eigenvalue weighted by molar-refractivity contribution is -0.131. The Balaban J connectivity index is 1.72. The molecule has 1 aliphatic heterocycles. The largest absolute Gasteiger partial charge is 0.339 e. The molecule has 0 aliphatic carbocycles. The third-order valence-electron chi connectivity index (χ3n) is 5.45. The van der Waals surface area contributed by atoms with E-state index in [0.29, 0.717) is 16.1 Å². The van der Waals surface area contributed by atoms with Gasteiger partial charge in [-0.2, -0.15) is 0 Å². The first-order valence-electron chi connectivity index (χ1n) is 10.1. The van der Waals surface area contributed by atoms with Crippen molar-refractivity contribution in [1.82, 2.24) is 14.5 Å². The molecule has 6 heteroatoms. The van der Waals surface area contributed by atoms with Gasteiger partial charge in [-0.1, -0.05) is 36.0 Å². The fourth-order valence-electron chi connectivity index (χ4n) is 3.88. The van der Waals surface area contributed by atoms with E-state index in [1.54, 1.807) is 10.6 Å². The average Bonchev–Trinajstić information content (AvgIpc) is 2.72. The van der Waals surface area contributed by atoms with Gasteiger partial charge in [0.05, 0.1) is 22.3 Å². The zero-order valence-corrected chi connectivity index (χ0v) is 17.6. The van der Waals surface area contributed by atoms with E-state index in [2.05, 4.69) is 6.92 Å². The lowest BCUT2D eigenvalue weighted by Crippen LogP contribution is -2.43. The zero-order valence-electron chi connectivity index (χ0n) is 16.8. The maximum atomic E-state index is 13.3. The number of hydrogen-bond donors (Lipinski definition) is 0. The number of rotatable bonds is 4. The number of likely N-dealkylation sites (tertiary alicyclic amines) is 1. The van der Waals surface area contributed by atoms with E-state index >= 15 is 0 Å². The van der Waals surface area contributed by atoms with Crippen molar-refractivity contribution in [3.05, 3.63) is 64.4 Å². The van der Waals surface area contributed by atoms with Crippen molar-refractivity contribution in [3.63, 3.8) is 0 Å². The number of hydrogen-bond acceptors (Lipinski definition) is 4. The Labute approximate surface area is 174 Å². The van der Waals surface area contributed by atoms with E-state index in [1.807, 2.05) is 54.3 Å². The molecule has 2 heterocycles. The maximum Gasteiger partial charge on any atom is 0.266 e. The molecule has 0 N–H and O–H groups in total. The molecule has 0 bridgehead atoms. The number of carbonyl (C=O) groups is 1. The van der Waals surface area contributed by atoms with Crippen LogP contribution in [0.3, 0.4) is 0 Å². The van der Waals surface area contributed by atoms with E-state index in [1.165, 1.54) is 18.2 Å². The average molecular weight is 408 g/mol. The molecule has 0 saturated carbocycles. The highest BCUT2D eigenvalue weighted by molar-refractivity contribution is 7.99. The molecular formula is C23H25N3O2S. The van der Waals surface area contributed by atoms with Crippen LogP contribution in [0.25, 0.3) is 16.6 Å². The number of para-hydroxylation sites is 1. The van der Waals surface area contributed by atoms with Gasteiger partial charge in [-0.05, 0) is 62.9 Å². The highest BCUT2D eigenvalue weighted by Gasteiger charge is 2.24. The van der Waals surface area contributed by atoms with Crippen LogP contribution < -0.4 is 5.56 Å². The van der Waals surface area contributed by atoms with E-state index in [4.69, 9.17) is 4.98 Å². The molecule has 3 aromatic rings. The molecule has 2 aromatic carbocycles. The van der Waals surface area contributed by atoms with Crippen LogP contribution in [0, 0.1) is 6.92 Å². The predicted octanol–water partition coefficient (Wildman–Crippen LogP) is 4.19. The van der Waals surface area contributed by atoms with Gasteiger partial charge in [-0.15, -0.1) is 0 Å². The first kappa shape index (κ1) is 19.7. The second-order valence-corrected chi connectivity index (χ2v) is 8.55. The first-order valence-corrected chi connectivity index (χ1v) is 11.0. The number of benzene rings is 2. The van der Waals surface area contributed by atoms with Crippen LogP contribution in [0.4, 0.5) is 0 Å². The third-order valence-corrected chi connectivity index (χ3v) is 6.38. The van der Waals surface area contributed by atoms with Crippen molar-refractivity contribution in [3.8, 4) is 5.69 Å². The monoisotopic (exact) mass is 407 g/mol. The predicted molar refractivity (Wildman–Crippen MR) is 118 cm³/mol. The fraction of sp³-hybridized carbons (Fsp3) is 0.348. The molecule has 1 amide bonds. The van der Waals surface area contributed by atoms with Crippen LogP contribution in [0.5, 0.6) is 0 Å². The van der Waals surface area contributed by atoms with E-state index in [9.17, 15) is 9.59 Å². The number of fused-ring (bicyclic) bond motifs is 1. The van der Waals surface area contributed by atoms with Gasteiger partial charge in [0.15, 0.2) is 5.16 Å². The number of piperidine rings is 1. The van der Waals surface area contributed by atoms with E-state index in [-0.39, 0.29) is 23.3 Å². The molecule has 29 heavy (non-hydrogen) atoms. The van der Waals surface area contributed by atoms with Crippen LogP contribution in [0.2, 0.25) is 0 Å². The lowest BCUT2D eigenvalue weighted by Gasteiger charge is -2.33. The summed E-state index contributed by atoms with van der Waals surface area (Å²) < 4.78 is 1.63. The number of aromatic nitrogens is 2. The molecule has 1 aromatic heterocycles. The Morgan fingerprint density at radius 1 is 1.17 bits per heavy atom. The summed E-state index contributed by atoms with van der Waals surface area (Å²) >= 11 is 1.34. The van der Waals surface area contributed by atoms with Crippen molar-refractivity contribution in [2.45, 2.75) is 44.3 Å². The van der Waals surface area contributed by atoms with E-state index in [0.717, 1.165) is 30.6 Å². The van der Waals surface area contributed by atoms with Gasteiger partial charge >= 0.3 is 0 Å². The van der Waals surface area contributed by atoms with Gasteiger partial charge in [0.2, 0.25) is 5.91 Å². The molecule has 5 nitrogen and oxygen atoms in total. The standard InChI is InChI=1S/C23H25N3O2S/c1-16-8-7-10-18(14-16)26-22(28)19-11-3-4-12-20(19)24-23(26)29-15-21(27)25-13-6-5-9-17(25)2/h3-4,7-8,10-12,14,17H,5-6,9,13,15H2,1-2H3/t17-/m1/s1. The minimum Gasteiger partial charge on any atom is -0.339 e. The second kappa shape index (κ2) is 8.41. The van der Waals surface area contributed by atoms with Crippen molar-refractivity contribution in [1.29, 1.82) is 0 Å². The van der Waals surface area contributed by atoms with Crippen LogP contribution in [0.15, 0.2) is 58.5 Å². The summed E-state index contributed by atoms with van der Waals surface area (Å²) in [5.41, 5.74) is 2.39. The number of thioether (sulfide) groups is 1. The summed E-state index contributed by atoms with van der Waals surface area (Å²) in [5.74, 6) is 0.390. The molecule has 1 aliphatic rings. The fourth-order valence-corrected chi connectivity index (χ4v) is 4.78. The highest BCUT2D eigenvalue weighted by atomic mass is 32.2. The quantitative estimate of drug-likeness (QED) is 0.481. The Hall–Kier alpha value is -2.60. The summed E-state index contributed by atoms with van der Waals surface area (Å²) in [6.07, 6.45) is 3.29. The van der Waals surface area contributed by atoms with Crippen LogP contribution in [-0.2, 0) is 4.79 Å². The minimum atomic E-state index is -0.109. The van der Waals surface area contributed by atoms with Crippen molar-refractivity contribution in [2.75, 3.05) is 12.3 Å². The maximum absolute atomic E-state index is 13.3. The summed E-state index contributed by atoms with van der Waals surface area (Å²) in [6.45, 7) is 4.92. The van der Waals surface area contributed by atoms with Crippen LogP contribution >= 0.6 is 11.8 Å². The molecule has 4 rings (SSSR count). The van der Waals surface area contributed by atoms with Crippen LogP contribution in [0.1, 0.15) is 31.7 Å². The Kier molecular flexibility index (Phi) is 5.72. The molecule has 0 radical (unpaired) electrons. The third kappa shape index (κ3) is 4.08. The number of nitrogens with zero attached hydrogens (tertiary/aromatic N) is 3. The molecule has 0 unspecified atom stereocenters. The smallest absolute Gasteiger partial charge is 0.266 e. The summed E-state index contributed by atoms with van der Waals surface area (Å²) in [7, 11) is 0. The summed E-state index contributed by atoms with van der Waals surface area (Å²) in [6, 6.07) is 15.4. The summed E-state index contributed by atoms with van der Waals surface area (Å²) in [4.78, 5) is 32.8. The Bertz CT molecular complexity index is 1110. The Morgan fingerprint density at radius 3 is 2.79 bits per heavy atom. The molecular weight excluding hydrogens is 382 g/mol. The second-order valence-electron chi connectivity index (χ2n) is 7.61. The van der Waals surface area contributed by atoms with Gasteiger partial charge in [0, 0.05) is 12.6 Å². The lowest BCUT2D eigenvalue weighted by atomic mass is 10.0. The topological polar surface area (TPSA) is 55.2 Å². The van der Waals surface area contributed by atoms with Gasteiger partial charge in [-0.3, -0.25) is 14.2 Å². The summed E-state index contributed by atoms with van der Waals surface area (Å²) in [5, 5.41) is 1.13. The Morgan fingerprint density at radius 2 is 2.00 bits per heavy atom. The van der Waals surface area contributed by atoms with Crippen LogP contribution in [-0.4, -0.2) is 38.7 Å². The minimum absolute atomic E-state index is 0.109. The number of aryl methyl sites for hydroxylation is 1. The van der Waals surface area contributed by atoms with Gasteiger partial charge in [0.1, 0.15) is 0 Å². The molecule has 150 valence electrons. The zero-order chi connectivity index (χ0) is 20.4. The molecule has 1 atom stereocenters. The number of carbonyl (C=O) groups excluding carboxylic acids is 1. The highest BCUT2D eigenvalue weighted by Crippen LogP contribution is 2.24. The van der Waals surface area contributed by atoms with Gasteiger partial charge in [-0.25, -0.2) is 4.98 Å². The normalized spacial score (nSPS) is 16.9. The van der Waals surface area contributed by atoms with Crippen molar-refractivity contribution >= 4 is 28.6 Å². The molecule has 0 spiro atoms. The van der Waals surface area contributed by atoms with Crippen molar-refractivity contribution < 1.29 is 4.79 Å². The SMILES string of the molecule is Cc1cccc(-n2c(SCC(=O)N3CCCC[C@H]3C)nc3ccccc3c2=O)c1. The van der Waals surface area contributed by atoms with Gasteiger partial charge < -0.3 is 4.90 Å². The van der Waals surface area contributed by atoms with Gasteiger partial charge in [0.25, 0.3) is 5.56 Å². The van der Waals surface area contributed by atoms with E-state index < -0.39 is 0 Å². The number of amides is 1. The molecule has 1 fully saturated rings. The first-order chi connectivity index (χ1) is 14.0.